The molecule has 1 aliphatic carbocycles. The van der Waals surface area contributed by atoms with Crippen molar-refractivity contribution in [2.45, 2.75) is 39.3 Å². The lowest BCUT2D eigenvalue weighted by Gasteiger charge is -2.12. The van der Waals surface area contributed by atoms with Crippen molar-refractivity contribution in [2.24, 2.45) is 5.92 Å². The molecule has 1 aliphatic rings. The monoisotopic (exact) mass is 349 g/mol. The molecule has 4 rings (SSSR count). The number of hydrogen-bond donors (Lipinski definition) is 1. The molecule has 1 unspecified atom stereocenters. The van der Waals surface area contributed by atoms with Gasteiger partial charge < -0.3 is 9.88 Å². The minimum Gasteiger partial charge on any atom is -0.343 e. The predicted octanol–water partition coefficient (Wildman–Crippen LogP) is 3.28. The van der Waals surface area contributed by atoms with Crippen molar-refractivity contribution >= 4 is 5.91 Å². The number of benzene rings is 1. The molecule has 0 radical (unpaired) electrons. The van der Waals surface area contributed by atoms with E-state index in [9.17, 15) is 4.79 Å². The Kier molecular flexibility index (Phi) is 4.32. The number of imidazole rings is 1. The lowest BCUT2D eigenvalue weighted by atomic mass is 10.2. The molecule has 1 N–H and O–H groups in total. The fraction of sp³-hybridized carbons (Fsp3) is 0.350. The first-order valence-corrected chi connectivity index (χ1v) is 9.05. The molecule has 134 valence electrons. The van der Waals surface area contributed by atoms with Gasteiger partial charge in [0.2, 0.25) is 0 Å². The molecule has 1 atom stereocenters. The number of nitrogens with zero attached hydrogens (tertiary/aromatic N) is 4. The fourth-order valence-electron chi connectivity index (χ4n) is 3.33. The zero-order valence-electron chi connectivity index (χ0n) is 15.1. The van der Waals surface area contributed by atoms with E-state index in [1.165, 1.54) is 12.8 Å². The third-order valence-electron chi connectivity index (χ3n) is 5.00. The van der Waals surface area contributed by atoms with Crippen molar-refractivity contribution < 1.29 is 4.79 Å². The number of aromatic nitrogens is 4. The first-order valence-electron chi connectivity index (χ1n) is 9.05. The van der Waals surface area contributed by atoms with Crippen LogP contribution in [0.3, 0.4) is 0 Å². The van der Waals surface area contributed by atoms with Crippen LogP contribution in [-0.2, 0) is 6.54 Å². The average molecular weight is 349 g/mol. The van der Waals surface area contributed by atoms with E-state index >= 15 is 0 Å². The minimum absolute atomic E-state index is 0.169. The number of carbonyl (C=O) groups excluding carboxylic acids is 1. The minimum atomic E-state index is -0.169. The number of hydrogen-bond acceptors (Lipinski definition) is 3. The number of nitrogens with one attached hydrogen (secondary N) is 1. The Morgan fingerprint density at radius 2 is 2.08 bits per heavy atom. The summed E-state index contributed by atoms with van der Waals surface area (Å²) < 4.78 is 3.96. The Labute approximate surface area is 152 Å². The van der Waals surface area contributed by atoms with Gasteiger partial charge in [0.15, 0.2) is 0 Å². The largest absolute Gasteiger partial charge is 0.343 e. The van der Waals surface area contributed by atoms with Crippen molar-refractivity contribution in [3.05, 3.63) is 66.0 Å². The second-order valence-electron chi connectivity index (χ2n) is 6.93. The summed E-state index contributed by atoms with van der Waals surface area (Å²) in [7, 11) is 0. The lowest BCUT2D eigenvalue weighted by Crippen LogP contribution is -2.25. The van der Waals surface area contributed by atoms with Crippen LogP contribution in [0.1, 0.15) is 47.8 Å². The van der Waals surface area contributed by atoms with Gasteiger partial charge in [-0.15, -0.1) is 0 Å². The lowest BCUT2D eigenvalue weighted by molar-refractivity contribution is 0.0943. The number of para-hydroxylation sites is 1. The smallest absolute Gasteiger partial charge is 0.272 e. The molecule has 1 saturated carbocycles. The molecule has 1 fully saturated rings. The summed E-state index contributed by atoms with van der Waals surface area (Å²) in [6, 6.07) is 12.2. The Bertz CT molecular complexity index is 907. The number of rotatable bonds is 6. The summed E-state index contributed by atoms with van der Waals surface area (Å²) >= 11 is 0. The highest BCUT2D eigenvalue weighted by Crippen LogP contribution is 2.39. The molecule has 1 amide bonds. The Balaban J connectivity index is 1.45. The van der Waals surface area contributed by atoms with E-state index in [-0.39, 0.29) is 5.91 Å². The highest BCUT2D eigenvalue weighted by atomic mass is 16.1. The van der Waals surface area contributed by atoms with Crippen molar-refractivity contribution in [1.29, 1.82) is 0 Å². The first-order chi connectivity index (χ1) is 12.6. The van der Waals surface area contributed by atoms with Crippen LogP contribution in [-0.4, -0.2) is 25.2 Å². The van der Waals surface area contributed by atoms with E-state index < -0.39 is 0 Å². The maximum Gasteiger partial charge on any atom is 0.272 e. The van der Waals surface area contributed by atoms with E-state index in [0.29, 0.717) is 24.2 Å². The molecule has 0 spiro atoms. The third kappa shape index (κ3) is 3.27. The summed E-state index contributed by atoms with van der Waals surface area (Å²) in [5, 5.41) is 7.47. The van der Waals surface area contributed by atoms with Gasteiger partial charge in [-0.25, -0.2) is 4.98 Å². The van der Waals surface area contributed by atoms with Gasteiger partial charge in [0.1, 0.15) is 11.5 Å². The number of amides is 1. The van der Waals surface area contributed by atoms with Crippen LogP contribution in [0.5, 0.6) is 0 Å². The first kappa shape index (κ1) is 16.6. The molecule has 3 aromatic rings. The maximum atomic E-state index is 12.5. The third-order valence-corrected chi connectivity index (χ3v) is 5.00. The topological polar surface area (TPSA) is 64.7 Å². The van der Waals surface area contributed by atoms with Crippen molar-refractivity contribution in [3.8, 4) is 5.69 Å². The van der Waals surface area contributed by atoms with Crippen LogP contribution >= 0.6 is 0 Å². The zero-order chi connectivity index (χ0) is 18.1. The van der Waals surface area contributed by atoms with Crippen molar-refractivity contribution in [2.75, 3.05) is 0 Å². The van der Waals surface area contributed by atoms with Crippen LogP contribution in [0.2, 0.25) is 0 Å². The zero-order valence-corrected chi connectivity index (χ0v) is 15.1. The summed E-state index contributed by atoms with van der Waals surface area (Å²) in [5.74, 6) is 1.31. The standard InChI is InChI=1S/C20H23N5O/c1-14-12-18(23-25(14)15(2)16-8-9-16)20(26)22-13-19-21-10-11-24(19)17-6-4-3-5-7-17/h3-7,10-12,15-16H,8-9,13H2,1-2H3,(H,22,26). The van der Waals surface area contributed by atoms with Crippen LogP contribution in [0.15, 0.2) is 48.8 Å². The van der Waals surface area contributed by atoms with Crippen LogP contribution < -0.4 is 5.32 Å². The van der Waals surface area contributed by atoms with Crippen molar-refractivity contribution in [3.63, 3.8) is 0 Å². The van der Waals surface area contributed by atoms with Gasteiger partial charge in [-0.1, -0.05) is 18.2 Å². The predicted molar refractivity (Wildman–Crippen MR) is 99.1 cm³/mol. The summed E-state index contributed by atoms with van der Waals surface area (Å²) in [6.07, 6.45) is 6.14. The van der Waals surface area contributed by atoms with Gasteiger partial charge in [-0.05, 0) is 50.8 Å². The summed E-state index contributed by atoms with van der Waals surface area (Å²) in [5.41, 5.74) is 2.51. The van der Waals surface area contributed by atoms with Crippen LogP contribution in [0.4, 0.5) is 0 Å². The molecule has 26 heavy (non-hydrogen) atoms. The molecule has 2 heterocycles. The van der Waals surface area contributed by atoms with Gasteiger partial charge in [0, 0.05) is 23.8 Å². The second kappa shape index (κ2) is 6.78. The Hall–Kier alpha value is -2.89. The quantitative estimate of drug-likeness (QED) is 0.743. The molecule has 6 heteroatoms. The van der Waals surface area contributed by atoms with Gasteiger partial charge in [-0.2, -0.15) is 5.10 Å². The number of carbonyl (C=O) groups is 1. The highest BCUT2D eigenvalue weighted by Gasteiger charge is 2.30. The molecule has 6 nitrogen and oxygen atoms in total. The van der Waals surface area contributed by atoms with Gasteiger partial charge >= 0.3 is 0 Å². The SMILES string of the molecule is Cc1cc(C(=O)NCc2nccn2-c2ccccc2)nn1C(C)C1CC1. The van der Waals surface area contributed by atoms with Crippen molar-refractivity contribution in [1.82, 2.24) is 24.6 Å². The molecular weight excluding hydrogens is 326 g/mol. The van der Waals surface area contributed by atoms with E-state index in [1.807, 2.05) is 58.8 Å². The van der Waals surface area contributed by atoms with Gasteiger partial charge in [-0.3, -0.25) is 9.48 Å². The van der Waals surface area contributed by atoms with E-state index in [4.69, 9.17) is 0 Å². The second-order valence-corrected chi connectivity index (χ2v) is 6.93. The highest BCUT2D eigenvalue weighted by molar-refractivity contribution is 5.92. The van der Waals surface area contributed by atoms with Crippen LogP contribution in [0, 0.1) is 12.8 Å². The molecule has 0 aliphatic heterocycles. The normalized spacial score (nSPS) is 15.0. The summed E-state index contributed by atoms with van der Waals surface area (Å²) in [4.78, 5) is 16.9. The molecule has 0 bridgehead atoms. The molecule has 0 saturated heterocycles. The summed E-state index contributed by atoms with van der Waals surface area (Å²) in [6.45, 7) is 4.53. The fourth-order valence-corrected chi connectivity index (χ4v) is 3.33. The van der Waals surface area contributed by atoms with Gasteiger partial charge in [0.05, 0.1) is 12.6 Å². The molecular formula is C20H23N5O. The molecule has 1 aromatic carbocycles. The maximum absolute atomic E-state index is 12.5. The van der Waals surface area contributed by atoms with E-state index in [0.717, 1.165) is 17.2 Å². The van der Waals surface area contributed by atoms with E-state index in [2.05, 4.69) is 22.3 Å². The van der Waals surface area contributed by atoms with Gasteiger partial charge in [0.25, 0.3) is 5.91 Å². The average Bonchev–Trinajstić information content (AvgIpc) is 3.28. The van der Waals surface area contributed by atoms with E-state index in [1.54, 1.807) is 6.20 Å². The number of aryl methyl sites for hydroxylation is 1. The Morgan fingerprint density at radius 1 is 1.31 bits per heavy atom. The Morgan fingerprint density at radius 3 is 2.81 bits per heavy atom. The van der Waals surface area contributed by atoms with Crippen LogP contribution in [0.25, 0.3) is 5.69 Å². The molecule has 2 aromatic heterocycles.